The van der Waals surface area contributed by atoms with E-state index in [2.05, 4.69) is 206 Å². The van der Waals surface area contributed by atoms with Crippen molar-refractivity contribution < 1.29 is 0 Å². The fourth-order valence-corrected chi connectivity index (χ4v) is 8.93. The Kier molecular flexibility index (Phi) is 6.69. The third-order valence-electron chi connectivity index (χ3n) is 11.0. The van der Waals surface area contributed by atoms with Crippen molar-refractivity contribution in [1.82, 2.24) is 0 Å². The third-order valence-corrected chi connectivity index (χ3v) is 11.0. The van der Waals surface area contributed by atoms with Gasteiger partial charge < -0.3 is 4.90 Å². The normalized spacial score (nSPS) is 13.3. The number of hydrogen-bond donors (Lipinski definition) is 0. The minimum absolute atomic E-state index is 0.521. The summed E-state index contributed by atoms with van der Waals surface area (Å²) >= 11 is 0. The first-order valence-electron chi connectivity index (χ1n) is 17.8. The van der Waals surface area contributed by atoms with E-state index in [0.29, 0.717) is 0 Å². The molecule has 0 saturated carbocycles. The van der Waals surface area contributed by atoms with Crippen molar-refractivity contribution in [1.29, 1.82) is 0 Å². The van der Waals surface area contributed by atoms with E-state index in [1.807, 2.05) is 0 Å². The zero-order chi connectivity index (χ0) is 33.9. The first kappa shape index (κ1) is 29.5. The molecular formula is C50H35N. The van der Waals surface area contributed by atoms with Crippen LogP contribution in [-0.4, -0.2) is 0 Å². The summed E-state index contributed by atoms with van der Waals surface area (Å²) in [5.41, 5.74) is 12.0. The molecule has 0 saturated heterocycles. The minimum atomic E-state index is -0.521. The van der Waals surface area contributed by atoms with Crippen molar-refractivity contribution in [2.45, 2.75) is 12.3 Å². The maximum Gasteiger partial charge on any atom is 0.0744 e. The molecule has 0 aromatic heterocycles. The van der Waals surface area contributed by atoms with Crippen LogP contribution < -0.4 is 4.90 Å². The number of anilines is 3. The van der Waals surface area contributed by atoms with E-state index < -0.39 is 5.41 Å². The molecule has 51 heavy (non-hydrogen) atoms. The second kappa shape index (κ2) is 11.6. The van der Waals surface area contributed by atoms with E-state index in [4.69, 9.17) is 0 Å². The van der Waals surface area contributed by atoms with Crippen molar-refractivity contribution in [2.24, 2.45) is 0 Å². The quantitative estimate of drug-likeness (QED) is 0.172. The van der Waals surface area contributed by atoms with Crippen LogP contribution in [-0.2, 0) is 5.41 Å². The predicted octanol–water partition coefficient (Wildman–Crippen LogP) is 13.3. The summed E-state index contributed by atoms with van der Waals surface area (Å²) in [5, 5.41) is 7.45. The predicted molar refractivity (Wildman–Crippen MR) is 216 cm³/mol. The van der Waals surface area contributed by atoms with Gasteiger partial charge in [0.25, 0.3) is 0 Å². The van der Waals surface area contributed by atoms with Gasteiger partial charge in [-0.1, -0.05) is 176 Å². The average Bonchev–Trinajstić information content (AvgIpc) is 3.20. The summed E-state index contributed by atoms with van der Waals surface area (Å²) in [6.45, 7) is 2.25. The van der Waals surface area contributed by atoms with Crippen molar-refractivity contribution in [3.05, 3.63) is 222 Å². The number of fused-ring (bicyclic) bond motifs is 5. The molecular weight excluding hydrogens is 615 g/mol. The molecule has 0 aliphatic carbocycles. The van der Waals surface area contributed by atoms with Crippen molar-refractivity contribution in [2.75, 3.05) is 4.90 Å². The molecule has 1 heteroatoms. The smallest absolute Gasteiger partial charge is 0.0744 e. The molecule has 0 bridgehead atoms. The number of nitrogens with zero attached hydrogens (tertiary/aromatic N) is 1. The minimum Gasteiger partial charge on any atom is -0.309 e. The Morgan fingerprint density at radius 1 is 0.392 bits per heavy atom. The highest BCUT2D eigenvalue weighted by atomic mass is 15.2. The van der Waals surface area contributed by atoms with Crippen LogP contribution in [0.5, 0.6) is 0 Å². The van der Waals surface area contributed by atoms with Crippen molar-refractivity contribution in [3.8, 4) is 11.1 Å². The van der Waals surface area contributed by atoms with E-state index in [1.54, 1.807) is 0 Å². The molecule has 1 aliphatic heterocycles. The SMILES string of the molecule is Cc1ccccc1C1(c2ccccc2)c2ccccc2N(c2c3ccccc3c(-c3ccc4ccccc4c3)c3ccccc23)c2ccccc21. The molecule has 240 valence electrons. The second-order valence-electron chi connectivity index (χ2n) is 13.7. The van der Waals surface area contributed by atoms with Crippen LogP contribution in [0.2, 0.25) is 0 Å². The van der Waals surface area contributed by atoms with Crippen LogP contribution in [0.3, 0.4) is 0 Å². The zero-order valence-corrected chi connectivity index (χ0v) is 28.4. The molecule has 0 fully saturated rings. The van der Waals surface area contributed by atoms with Crippen LogP contribution in [0.25, 0.3) is 43.4 Å². The highest BCUT2D eigenvalue weighted by molar-refractivity contribution is 6.23. The highest BCUT2D eigenvalue weighted by Gasteiger charge is 2.47. The molecule has 0 unspecified atom stereocenters. The lowest BCUT2D eigenvalue weighted by atomic mass is 9.61. The lowest BCUT2D eigenvalue weighted by Crippen LogP contribution is -2.38. The molecule has 1 heterocycles. The molecule has 0 N–H and O–H groups in total. The van der Waals surface area contributed by atoms with E-state index in [-0.39, 0.29) is 0 Å². The van der Waals surface area contributed by atoms with Gasteiger partial charge in [-0.2, -0.15) is 0 Å². The van der Waals surface area contributed by atoms with Gasteiger partial charge in [-0.15, -0.1) is 0 Å². The van der Waals surface area contributed by atoms with Crippen LogP contribution in [0.1, 0.15) is 27.8 Å². The van der Waals surface area contributed by atoms with Gasteiger partial charge in [-0.25, -0.2) is 0 Å². The Morgan fingerprint density at radius 2 is 0.882 bits per heavy atom. The number of rotatable bonds is 4. The van der Waals surface area contributed by atoms with Gasteiger partial charge in [0, 0.05) is 10.8 Å². The molecule has 1 nitrogen and oxygen atoms in total. The maximum atomic E-state index is 2.55. The van der Waals surface area contributed by atoms with Crippen molar-refractivity contribution in [3.63, 3.8) is 0 Å². The largest absolute Gasteiger partial charge is 0.309 e. The Hall–Kier alpha value is -6.44. The fraction of sp³-hybridized carbons (Fsp3) is 0.0400. The summed E-state index contributed by atoms with van der Waals surface area (Å²) in [6.07, 6.45) is 0. The van der Waals surface area contributed by atoms with E-state index >= 15 is 0 Å². The maximum absolute atomic E-state index is 2.55. The zero-order valence-electron chi connectivity index (χ0n) is 28.4. The number of para-hydroxylation sites is 2. The highest BCUT2D eigenvalue weighted by Crippen LogP contribution is 2.60. The van der Waals surface area contributed by atoms with Gasteiger partial charge in [0.15, 0.2) is 0 Å². The average molecular weight is 650 g/mol. The summed E-state index contributed by atoms with van der Waals surface area (Å²) < 4.78 is 0. The van der Waals surface area contributed by atoms with Gasteiger partial charge >= 0.3 is 0 Å². The van der Waals surface area contributed by atoms with Crippen LogP contribution >= 0.6 is 0 Å². The number of benzene rings is 9. The molecule has 0 spiro atoms. The first-order valence-corrected chi connectivity index (χ1v) is 17.8. The lowest BCUT2D eigenvalue weighted by Gasteiger charge is -2.47. The van der Waals surface area contributed by atoms with Gasteiger partial charge in [-0.3, -0.25) is 0 Å². The monoisotopic (exact) mass is 649 g/mol. The van der Waals surface area contributed by atoms with Crippen LogP contribution in [0.4, 0.5) is 17.1 Å². The Morgan fingerprint density at radius 3 is 1.51 bits per heavy atom. The lowest BCUT2D eigenvalue weighted by molar-refractivity contribution is 0.725. The van der Waals surface area contributed by atoms with Gasteiger partial charge in [0.2, 0.25) is 0 Å². The Balaban J connectivity index is 1.34. The molecule has 0 amide bonds. The second-order valence-corrected chi connectivity index (χ2v) is 13.7. The van der Waals surface area contributed by atoms with E-state index in [1.165, 1.54) is 88.3 Å². The number of hydrogen-bond acceptors (Lipinski definition) is 1. The van der Waals surface area contributed by atoms with Crippen molar-refractivity contribution >= 4 is 49.4 Å². The summed E-state index contributed by atoms with van der Waals surface area (Å²) in [5.74, 6) is 0. The number of aryl methyl sites for hydroxylation is 1. The van der Waals surface area contributed by atoms with Gasteiger partial charge in [0.05, 0.1) is 22.5 Å². The molecule has 0 radical (unpaired) electrons. The summed E-state index contributed by atoms with van der Waals surface area (Å²) in [4.78, 5) is 2.55. The van der Waals surface area contributed by atoms with Crippen LogP contribution in [0.15, 0.2) is 194 Å². The van der Waals surface area contributed by atoms with Gasteiger partial charge in [-0.05, 0) is 85.6 Å². The summed E-state index contributed by atoms with van der Waals surface area (Å²) in [7, 11) is 0. The molecule has 0 atom stereocenters. The van der Waals surface area contributed by atoms with Gasteiger partial charge in [0.1, 0.15) is 0 Å². The van der Waals surface area contributed by atoms with Crippen LogP contribution in [0, 0.1) is 6.92 Å². The molecule has 10 rings (SSSR count). The first-order chi connectivity index (χ1) is 25.2. The Bertz CT molecular complexity index is 2670. The topological polar surface area (TPSA) is 3.24 Å². The fourth-order valence-electron chi connectivity index (χ4n) is 8.93. The summed E-state index contributed by atoms with van der Waals surface area (Å²) in [6, 6.07) is 71.7. The molecule has 9 aromatic rings. The Labute approximate surface area is 298 Å². The molecule has 9 aromatic carbocycles. The third kappa shape index (κ3) is 4.28. The molecule has 1 aliphatic rings. The standard InChI is InChI=1S/C50H35N/c1-34-17-5-12-26-43(34)50(38-20-3-2-4-21-38)44-27-13-15-29-46(44)51(47-30-16-14-28-45(47)50)49-41-24-10-8-22-39(41)48(40-23-9-11-25-42(40)49)37-32-31-35-18-6-7-19-36(35)33-37/h2-33H,1H3. The van der Waals surface area contributed by atoms with E-state index in [9.17, 15) is 0 Å². The van der Waals surface area contributed by atoms with E-state index in [0.717, 1.165) is 0 Å².